The minimum atomic E-state index is -0.812. The Morgan fingerprint density at radius 2 is 1.82 bits per heavy atom. The Morgan fingerprint density at radius 1 is 1.00 bits per heavy atom. The van der Waals surface area contributed by atoms with Crippen molar-refractivity contribution in [2.45, 2.75) is 95.8 Å². The second kappa shape index (κ2) is 11.2. The van der Waals surface area contributed by atoms with Crippen LogP contribution in [0.1, 0.15) is 81.5 Å². The number of alkyl halides is 1. The van der Waals surface area contributed by atoms with Crippen LogP contribution in [0.25, 0.3) is 10.8 Å². The van der Waals surface area contributed by atoms with Crippen LogP contribution in [0, 0.1) is 11.2 Å². The zero-order valence-electron chi connectivity index (χ0n) is 26.5. The van der Waals surface area contributed by atoms with Crippen molar-refractivity contribution in [3.05, 3.63) is 46.9 Å². The van der Waals surface area contributed by atoms with E-state index in [1.54, 1.807) is 18.2 Å². The molecule has 9 heteroatoms. The molecule has 2 aromatic carbocycles. The number of fused-ring (bicyclic) bond motifs is 3. The Bertz CT molecular complexity index is 1610. The number of phenolic OH excluding ortho intramolecular Hbond substituents is 1. The highest BCUT2D eigenvalue weighted by atomic mass is 19.1. The fourth-order valence-corrected chi connectivity index (χ4v) is 9.56. The lowest BCUT2D eigenvalue weighted by molar-refractivity contribution is 0.107. The van der Waals surface area contributed by atoms with E-state index in [2.05, 4.69) is 14.7 Å². The Kier molecular flexibility index (Phi) is 7.30. The molecule has 1 aromatic heterocycles. The van der Waals surface area contributed by atoms with Gasteiger partial charge in [0.15, 0.2) is 0 Å². The molecule has 4 fully saturated rings. The van der Waals surface area contributed by atoms with E-state index < -0.39 is 6.17 Å². The number of hydrogen-bond donors (Lipinski definition) is 1. The molecule has 1 spiro atoms. The maximum atomic E-state index is 15.0. The molecule has 45 heavy (non-hydrogen) atoms. The Hall–Kier alpha value is -3.20. The number of anilines is 2. The number of ether oxygens (including phenoxy) is 1. The monoisotopic (exact) mass is 617 g/mol. The molecule has 1 N–H and O–H groups in total. The summed E-state index contributed by atoms with van der Waals surface area (Å²) >= 11 is 0. The number of halogens is 2. The molecular formula is C36H45F2N5O2. The molecule has 3 saturated heterocycles. The number of hydrogen-bond acceptors (Lipinski definition) is 7. The molecule has 1 aliphatic carbocycles. The molecule has 0 amide bonds. The van der Waals surface area contributed by atoms with Crippen molar-refractivity contribution in [1.82, 2.24) is 14.9 Å². The minimum absolute atomic E-state index is 0.169. The Labute approximate surface area is 264 Å². The highest BCUT2D eigenvalue weighted by molar-refractivity contribution is 5.98. The fraction of sp³-hybridized carbons (Fsp3) is 0.611. The van der Waals surface area contributed by atoms with Crippen molar-refractivity contribution in [2.24, 2.45) is 5.41 Å². The highest BCUT2D eigenvalue weighted by Gasteiger charge is 2.49. The maximum absolute atomic E-state index is 15.0. The van der Waals surface area contributed by atoms with Gasteiger partial charge in [0.25, 0.3) is 0 Å². The van der Waals surface area contributed by atoms with Crippen molar-refractivity contribution >= 4 is 22.3 Å². The van der Waals surface area contributed by atoms with Crippen molar-refractivity contribution in [2.75, 3.05) is 49.1 Å². The molecule has 2 atom stereocenters. The normalized spacial score (nSPS) is 26.2. The summed E-state index contributed by atoms with van der Waals surface area (Å²) in [4.78, 5) is 17.2. The standard InChI is InChI=1S/C36H45F2N5O2/c1-2-27-29(38)8-7-24-17-26(44)18-31(32(24)27)41-16-9-28-30(21-41)39-34(45-23-36-13-6-15-43(36)20-25(37)19-36)40-33(28)42-14-5-12-35(22-42)10-3-4-11-35/h7-8,17-18,25,44H,2-6,9-16,19-23H2,1H3/t25-,36+/m1/s1. The summed E-state index contributed by atoms with van der Waals surface area (Å²) in [5.41, 5.74) is 3.70. The van der Waals surface area contributed by atoms with Crippen LogP contribution >= 0.6 is 0 Å². The predicted octanol–water partition coefficient (Wildman–Crippen LogP) is 6.72. The Balaban J connectivity index is 1.16. The van der Waals surface area contributed by atoms with E-state index in [4.69, 9.17) is 14.7 Å². The molecule has 8 rings (SSSR count). The van der Waals surface area contributed by atoms with Crippen LogP contribution in [0.2, 0.25) is 0 Å². The molecule has 0 unspecified atom stereocenters. The van der Waals surface area contributed by atoms with E-state index >= 15 is 4.39 Å². The largest absolute Gasteiger partial charge is 0.508 e. The van der Waals surface area contributed by atoms with Crippen LogP contribution in [0.5, 0.6) is 11.8 Å². The van der Waals surface area contributed by atoms with Gasteiger partial charge in [-0.1, -0.05) is 25.8 Å². The smallest absolute Gasteiger partial charge is 0.318 e. The third kappa shape index (κ3) is 5.09. The summed E-state index contributed by atoms with van der Waals surface area (Å²) in [6.45, 7) is 7.02. The van der Waals surface area contributed by atoms with E-state index in [0.29, 0.717) is 49.5 Å². The van der Waals surface area contributed by atoms with Gasteiger partial charge in [-0.05, 0) is 86.4 Å². The summed E-state index contributed by atoms with van der Waals surface area (Å²) in [6.07, 6.45) is 10.7. The minimum Gasteiger partial charge on any atom is -0.508 e. The molecule has 1 saturated carbocycles. The van der Waals surface area contributed by atoms with Crippen LogP contribution in [0.3, 0.4) is 0 Å². The average molecular weight is 618 g/mol. The lowest BCUT2D eigenvalue weighted by Crippen LogP contribution is -2.44. The van der Waals surface area contributed by atoms with Gasteiger partial charge in [-0.2, -0.15) is 9.97 Å². The van der Waals surface area contributed by atoms with E-state index in [1.165, 1.54) is 43.7 Å². The van der Waals surface area contributed by atoms with Crippen LogP contribution in [0.15, 0.2) is 24.3 Å². The van der Waals surface area contributed by atoms with Crippen molar-refractivity contribution in [3.8, 4) is 11.8 Å². The number of aromatic hydroxyl groups is 1. The van der Waals surface area contributed by atoms with Crippen LogP contribution in [0.4, 0.5) is 20.3 Å². The second-order valence-electron chi connectivity index (χ2n) is 14.5. The van der Waals surface area contributed by atoms with Gasteiger partial charge in [-0.3, -0.25) is 4.90 Å². The van der Waals surface area contributed by atoms with Crippen LogP contribution < -0.4 is 14.5 Å². The first-order valence-corrected chi connectivity index (χ1v) is 17.2. The van der Waals surface area contributed by atoms with Gasteiger partial charge >= 0.3 is 6.01 Å². The van der Waals surface area contributed by atoms with Gasteiger partial charge in [0.05, 0.1) is 17.8 Å². The van der Waals surface area contributed by atoms with Gasteiger partial charge in [-0.15, -0.1) is 0 Å². The van der Waals surface area contributed by atoms with E-state index in [1.807, 2.05) is 6.92 Å². The lowest BCUT2D eigenvalue weighted by Gasteiger charge is -2.42. The van der Waals surface area contributed by atoms with Crippen molar-refractivity contribution in [1.29, 1.82) is 0 Å². The number of aromatic nitrogens is 2. The number of benzene rings is 2. The number of nitrogens with zero attached hydrogens (tertiary/aromatic N) is 5. The van der Waals surface area contributed by atoms with E-state index in [-0.39, 0.29) is 17.1 Å². The number of phenols is 1. The molecule has 5 heterocycles. The summed E-state index contributed by atoms with van der Waals surface area (Å²) in [7, 11) is 0. The third-order valence-corrected chi connectivity index (χ3v) is 11.7. The fourth-order valence-electron chi connectivity index (χ4n) is 9.56. The van der Waals surface area contributed by atoms with Crippen LogP contribution in [-0.4, -0.2) is 71.0 Å². The summed E-state index contributed by atoms with van der Waals surface area (Å²) in [5, 5.41) is 12.4. The lowest BCUT2D eigenvalue weighted by atomic mass is 9.78. The quantitative estimate of drug-likeness (QED) is 0.330. The van der Waals surface area contributed by atoms with Crippen LogP contribution in [-0.2, 0) is 19.4 Å². The predicted molar refractivity (Wildman–Crippen MR) is 173 cm³/mol. The molecular weight excluding hydrogens is 572 g/mol. The first kappa shape index (κ1) is 29.2. The second-order valence-corrected chi connectivity index (χ2v) is 14.5. The molecule has 5 aliphatic rings. The molecule has 0 radical (unpaired) electrons. The number of rotatable bonds is 6. The first-order valence-electron chi connectivity index (χ1n) is 17.2. The summed E-state index contributed by atoms with van der Waals surface area (Å²) in [6, 6.07) is 7.11. The van der Waals surface area contributed by atoms with Gasteiger partial charge in [0.2, 0.25) is 0 Å². The number of aryl methyl sites for hydroxylation is 1. The van der Waals surface area contributed by atoms with Gasteiger partial charge in [-0.25, -0.2) is 8.78 Å². The zero-order chi connectivity index (χ0) is 30.8. The van der Waals surface area contributed by atoms with E-state index in [0.717, 1.165) is 79.8 Å². The molecule has 0 bridgehead atoms. The summed E-state index contributed by atoms with van der Waals surface area (Å²) < 4.78 is 36.0. The van der Waals surface area contributed by atoms with Gasteiger partial charge < -0.3 is 19.6 Å². The van der Waals surface area contributed by atoms with Crippen molar-refractivity contribution < 1.29 is 18.6 Å². The zero-order valence-corrected chi connectivity index (χ0v) is 26.5. The Morgan fingerprint density at radius 3 is 2.67 bits per heavy atom. The SMILES string of the molecule is CCc1c(F)ccc2cc(O)cc(N3CCc4c(nc(OC[C@@]56CCCN5C[C@H](F)C6)nc4N4CCCC5(CCCC5)C4)C3)c12. The maximum Gasteiger partial charge on any atom is 0.318 e. The summed E-state index contributed by atoms with van der Waals surface area (Å²) in [5.74, 6) is 0.947. The molecule has 240 valence electrons. The number of piperidine rings is 1. The third-order valence-electron chi connectivity index (χ3n) is 11.7. The first-order chi connectivity index (χ1) is 21.9. The molecule has 7 nitrogen and oxygen atoms in total. The molecule has 3 aromatic rings. The average Bonchev–Trinajstić information content (AvgIpc) is 3.73. The van der Waals surface area contributed by atoms with Gasteiger partial charge in [0, 0.05) is 55.3 Å². The van der Waals surface area contributed by atoms with Crippen molar-refractivity contribution in [3.63, 3.8) is 0 Å². The molecule has 4 aliphatic heterocycles. The van der Waals surface area contributed by atoms with E-state index in [9.17, 15) is 9.50 Å². The topological polar surface area (TPSA) is 65.0 Å². The van der Waals surface area contributed by atoms with Gasteiger partial charge in [0.1, 0.15) is 30.2 Å². The highest BCUT2D eigenvalue weighted by Crippen LogP contribution is 2.47.